The fourth-order valence-corrected chi connectivity index (χ4v) is 1.42. The molecule has 0 aliphatic carbocycles. The molecule has 1 unspecified atom stereocenters. The summed E-state index contributed by atoms with van der Waals surface area (Å²) in [5.41, 5.74) is 6.11. The number of hydrogen-bond donors (Lipinski definition) is 1. The van der Waals surface area contributed by atoms with E-state index in [0.29, 0.717) is 5.69 Å². The van der Waals surface area contributed by atoms with E-state index >= 15 is 0 Å². The first kappa shape index (κ1) is 9.15. The number of aryl methyl sites for hydroxylation is 1. The van der Waals surface area contributed by atoms with Gasteiger partial charge in [0.25, 0.3) is 0 Å². The van der Waals surface area contributed by atoms with E-state index in [1.165, 1.54) is 18.4 Å². The summed E-state index contributed by atoms with van der Waals surface area (Å²) in [5.74, 6) is -0.458. The Hall–Kier alpha value is -0.940. The molecule has 1 rings (SSSR count). The molecule has 0 amide bonds. The Morgan fingerprint density at radius 2 is 2.50 bits per heavy atom. The van der Waals surface area contributed by atoms with E-state index in [-0.39, 0.29) is 0 Å². The average Bonchev–Trinajstić information content (AvgIpc) is 2.49. The lowest BCUT2D eigenvalue weighted by atomic mass is 10.2. The molecule has 5 heteroatoms. The normalized spacial score (nSPS) is 12.6. The molecule has 1 atom stereocenters. The van der Waals surface area contributed by atoms with Crippen LogP contribution in [0.5, 0.6) is 0 Å². The van der Waals surface area contributed by atoms with E-state index in [1.54, 1.807) is 5.38 Å². The molecule has 0 aromatic carbocycles. The first-order valence-electron chi connectivity index (χ1n) is 3.40. The van der Waals surface area contributed by atoms with E-state index in [0.717, 1.165) is 5.01 Å². The quantitative estimate of drug-likeness (QED) is 0.688. The first-order valence-corrected chi connectivity index (χ1v) is 4.28. The molecule has 0 bridgehead atoms. The van der Waals surface area contributed by atoms with Gasteiger partial charge in [-0.2, -0.15) is 0 Å². The predicted octanol–water partition coefficient (Wildman–Crippen LogP) is 0.624. The van der Waals surface area contributed by atoms with Crippen LogP contribution in [0.3, 0.4) is 0 Å². The Balaban J connectivity index is 2.77. The Bertz CT molecular complexity index is 285. The van der Waals surface area contributed by atoms with Gasteiger partial charge in [0.05, 0.1) is 17.8 Å². The zero-order valence-electron chi connectivity index (χ0n) is 6.90. The summed E-state index contributed by atoms with van der Waals surface area (Å²) in [6.45, 7) is 1.86. The molecule has 2 N–H and O–H groups in total. The minimum Gasteiger partial charge on any atom is -0.468 e. The second-order valence-corrected chi connectivity index (χ2v) is 3.35. The zero-order chi connectivity index (χ0) is 9.14. The van der Waals surface area contributed by atoms with Crippen LogP contribution >= 0.6 is 11.3 Å². The summed E-state index contributed by atoms with van der Waals surface area (Å²) in [4.78, 5) is 15.0. The van der Waals surface area contributed by atoms with Gasteiger partial charge >= 0.3 is 5.97 Å². The highest BCUT2D eigenvalue weighted by Crippen LogP contribution is 2.14. The molecule has 0 saturated heterocycles. The summed E-state index contributed by atoms with van der Waals surface area (Å²) in [6, 6.07) is -0.750. The number of aromatic nitrogens is 1. The predicted molar refractivity (Wildman–Crippen MR) is 45.8 cm³/mol. The highest BCUT2D eigenvalue weighted by Gasteiger charge is 2.18. The lowest BCUT2D eigenvalue weighted by molar-refractivity contribution is -0.142. The van der Waals surface area contributed by atoms with Crippen molar-refractivity contribution in [3.63, 3.8) is 0 Å². The van der Waals surface area contributed by atoms with E-state index in [2.05, 4.69) is 9.72 Å². The van der Waals surface area contributed by atoms with Crippen LogP contribution in [0.4, 0.5) is 0 Å². The van der Waals surface area contributed by atoms with Crippen molar-refractivity contribution in [3.8, 4) is 0 Å². The fraction of sp³-hybridized carbons (Fsp3) is 0.429. The second-order valence-electron chi connectivity index (χ2n) is 2.29. The van der Waals surface area contributed by atoms with Gasteiger partial charge in [0.2, 0.25) is 0 Å². The van der Waals surface area contributed by atoms with Gasteiger partial charge in [0, 0.05) is 5.38 Å². The fourth-order valence-electron chi connectivity index (χ4n) is 0.771. The molecule has 0 aliphatic rings. The van der Waals surface area contributed by atoms with Gasteiger partial charge in [-0.1, -0.05) is 0 Å². The third-order valence-corrected chi connectivity index (χ3v) is 2.20. The van der Waals surface area contributed by atoms with Crippen LogP contribution in [0.25, 0.3) is 0 Å². The molecule has 0 saturated carbocycles. The molecule has 1 heterocycles. The highest BCUT2D eigenvalue weighted by molar-refractivity contribution is 7.09. The monoisotopic (exact) mass is 186 g/mol. The minimum atomic E-state index is -0.750. The van der Waals surface area contributed by atoms with E-state index < -0.39 is 12.0 Å². The molecular formula is C7H10N2O2S. The van der Waals surface area contributed by atoms with Crippen molar-refractivity contribution < 1.29 is 9.53 Å². The number of nitrogens with two attached hydrogens (primary N) is 1. The lowest BCUT2D eigenvalue weighted by Gasteiger charge is -2.04. The third kappa shape index (κ3) is 1.80. The van der Waals surface area contributed by atoms with Crippen molar-refractivity contribution in [2.24, 2.45) is 5.73 Å². The number of nitrogens with zero attached hydrogens (tertiary/aromatic N) is 1. The van der Waals surface area contributed by atoms with Crippen LogP contribution in [0, 0.1) is 6.92 Å². The molecule has 0 aliphatic heterocycles. The molecule has 0 spiro atoms. The number of hydrogen-bond acceptors (Lipinski definition) is 5. The Morgan fingerprint density at radius 1 is 1.83 bits per heavy atom. The van der Waals surface area contributed by atoms with Crippen LogP contribution in [0.15, 0.2) is 5.38 Å². The van der Waals surface area contributed by atoms with Crippen LogP contribution < -0.4 is 5.73 Å². The number of rotatable bonds is 2. The molecule has 1 aromatic rings. The van der Waals surface area contributed by atoms with Gasteiger partial charge < -0.3 is 10.5 Å². The van der Waals surface area contributed by atoms with Crippen molar-refractivity contribution >= 4 is 17.3 Å². The van der Waals surface area contributed by atoms with Gasteiger partial charge in [-0.25, -0.2) is 9.78 Å². The Kier molecular flexibility index (Phi) is 2.78. The highest BCUT2D eigenvalue weighted by atomic mass is 32.1. The number of carbonyl (C=O) groups is 1. The topological polar surface area (TPSA) is 65.2 Å². The van der Waals surface area contributed by atoms with Gasteiger partial charge in [0.15, 0.2) is 0 Å². The van der Waals surface area contributed by atoms with Gasteiger partial charge in [0.1, 0.15) is 6.04 Å². The Morgan fingerprint density at radius 3 is 2.92 bits per heavy atom. The van der Waals surface area contributed by atoms with Crippen molar-refractivity contribution in [2.75, 3.05) is 7.11 Å². The molecule has 4 nitrogen and oxygen atoms in total. The lowest BCUT2D eigenvalue weighted by Crippen LogP contribution is -2.22. The maximum absolute atomic E-state index is 10.9. The van der Waals surface area contributed by atoms with E-state index in [4.69, 9.17) is 5.73 Å². The second kappa shape index (κ2) is 3.64. The number of carbonyl (C=O) groups excluding carboxylic acids is 1. The molecule has 0 fully saturated rings. The third-order valence-electron chi connectivity index (χ3n) is 1.41. The van der Waals surface area contributed by atoms with Gasteiger partial charge in [-0.05, 0) is 6.92 Å². The summed E-state index contributed by atoms with van der Waals surface area (Å²) >= 11 is 1.46. The smallest absolute Gasteiger partial charge is 0.328 e. The maximum atomic E-state index is 10.9. The SMILES string of the molecule is COC(=O)C(N)c1csc(C)n1. The summed E-state index contributed by atoms with van der Waals surface area (Å²) < 4.78 is 4.48. The molecular weight excluding hydrogens is 176 g/mol. The van der Waals surface area contributed by atoms with Crippen LogP contribution in [-0.2, 0) is 9.53 Å². The first-order chi connectivity index (χ1) is 5.65. The zero-order valence-corrected chi connectivity index (χ0v) is 7.72. The minimum absolute atomic E-state index is 0.458. The van der Waals surface area contributed by atoms with Crippen molar-refractivity contribution in [2.45, 2.75) is 13.0 Å². The van der Waals surface area contributed by atoms with Crippen molar-refractivity contribution in [1.82, 2.24) is 4.98 Å². The van der Waals surface area contributed by atoms with Gasteiger partial charge in [-0.3, -0.25) is 0 Å². The van der Waals surface area contributed by atoms with Crippen LogP contribution in [-0.4, -0.2) is 18.1 Å². The molecule has 66 valence electrons. The molecule has 1 aromatic heterocycles. The summed E-state index contributed by atoms with van der Waals surface area (Å²) in [5, 5.41) is 2.65. The number of methoxy groups -OCH3 is 1. The van der Waals surface area contributed by atoms with Crippen molar-refractivity contribution in [1.29, 1.82) is 0 Å². The maximum Gasteiger partial charge on any atom is 0.328 e. The van der Waals surface area contributed by atoms with Crippen LogP contribution in [0.1, 0.15) is 16.7 Å². The van der Waals surface area contributed by atoms with E-state index in [1.807, 2.05) is 6.92 Å². The Labute approximate surface area is 74.4 Å². The average molecular weight is 186 g/mol. The summed E-state index contributed by atoms with van der Waals surface area (Å²) in [7, 11) is 1.31. The number of esters is 1. The van der Waals surface area contributed by atoms with Crippen molar-refractivity contribution in [3.05, 3.63) is 16.1 Å². The number of thiazole rings is 1. The van der Waals surface area contributed by atoms with E-state index in [9.17, 15) is 4.79 Å². The molecule has 12 heavy (non-hydrogen) atoms. The molecule has 0 radical (unpaired) electrons. The van der Waals surface area contributed by atoms with Crippen LogP contribution in [0.2, 0.25) is 0 Å². The number of ether oxygens (including phenoxy) is 1. The van der Waals surface area contributed by atoms with Gasteiger partial charge in [-0.15, -0.1) is 11.3 Å². The summed E-state index contributed by atoms with van der Waals surface area (Å²) in [6.07, 6.45) is 0. The largest absolute Gasteiger partial charge is 0.468 e. The standard InChI is InChI=1S/C7H10N2O2S/c1-4-9-5(3-12-4)6(8)7(10)11-2/h3,6H,8H2,1-2H3.